The molecule has 1 unspecified atom stereocenters. The van der Waals surface area contributed by atoms with Crippen LogP contribution in [0.4, 0.5) is 0 Å². The number of carbonyl (C=O) groups is 1. The Morgan fingerprint density at radius 3 is 1.32 bits per heavy atom. The largest absolute Gasteiger partial charge is 0.481 e. The molecule has 1 atom stereocenters. The summed E-state index contributed by atoms with van der Waals surface area (Å²) in [6.45, 7) is 5.25. The van der Waals surface area contributed by atoms with Crippen molar-refractivity contribution in [1.29, 1.82) is 0 Å². The first-order valence-corrected chi connectivity index (χ1v) is 9.38. The van der Waals surface area contributed by atoms with Gasteiger partial charge in [-0.25, -0.2) is 0 Å². The zero-order chi connectivity index (χ0) is 17.1. The first-order valence-electron chi connectivity index (χ1n) is 9.38. The molecule has 0 heterocycles. The van der Waals surface area contributed by atoms with E-state index in [0.717, 1.165) is 13.3 Å². The van der Waals surface area contributed by atoms with Gasteiger partial charge in [-0.1, -0.05) is 90.4 Å². The number of carboxylic acid groups (broad SMARTS) is 1. The Bertz CT molecular complexity index is 211. The minimum atomic E-state index is -0.833. The van der Waals surface area contributed by atoms with Crippen LogP contribution in [0.25, 0.3) is 0 Å². The maximum atomic E-state index is 9.13. The highest BCUT2D eigenvalue weighted by molar-refractivity contribution is 5.62. The average molecular weight is 317 g/mol. The molecule has 0 aromatic rings. The van der Waals surface area contributed by atoms with Crippen LogP contribution in [-0.4, -0.2) is 22.3 Å². The second kappa shape index (κ2) is 20.4. The zero-order valence-corrected chi connectivity index (χ0v) is 15.3. The van der Waals surface area contributed by atoms with Gasteiger partial charge in [0.2, 0.25) is 0 Å². The van der Waals surface area contributed by atoms with Gasteiger partial charge in [-0.15, -0.1) is 0 Å². The number of rotatable bonds is 14. The molecule has 0 saturated carbocycles. The third-order valence-electron chi connectivity index (χ3n) is 3.73. The Hall–Kier alpha value is -0.570. The quantitative estimate of drug-likeness (QED) is 0.390. The molecule has 0 aliphatic carbocycles. The molecule has 3 nitrogen and oxygen atoms in total. The van der Waals surface area contributed by atoms with E-state index in [9.17, 15) is 0 Å². The van der Waals surface area contributed by atoms with Crippen molar-refractivity contribution in [2.45, 2.75) is 117 Å². The molecule has 0 aliphatic rings. The van der Waals surface area contributed by atoms with Crippen LogP contribution in [0.2, 0.25) is 0 Å². The lowest BCUT2D eigenvalue weighted by Crippen LogP contribution is -1.98. The van der Waals surface area contributed by atoms with E-state index in [-0.39, 0.29) is 6.10 Å². The highest BCUT2D eigenvalue weighted by Gasteiger charge is 1.96. The highest BCUT2D eigenvalue weighted by Crippen LogP contribution is 2.13. The number of hydrogen-bond donors (Lipinski definition) is 2. The van der Waals surface area contributed by atoms with Gasteiger partial charge in [-0.3, -0.25) is 4.79 Å². The maximum absolute atomic E-state index is 9.13. The molecule has 0 fully saturated rings. The van der Waals surface area contributed by atoms with Gasteiger partial charge in [0.1, 0.15) is 0 Å². The fourth-order valence-electron chi connectivity index (χ4n) is 2.46. The molecule has 22 heavy (non-hydrogen) atoms. The number of aliphatic carboxylic acids is 1. The fourth-order valence-corrected chi connectivity index (χ4v) is 2.46. The Labute approximate surface area is 138 Å². The van der Waals surface area contributed by atoms with Crippen molar-refractivity contribution in [2.75, 3.05) is 0 Å². The molecule has 0 amide bonds. The number of aliphatic hydroxyl groups is 1. The van der Waals surface area contributed by atoms with Gasteiger partial charge in [-0.2, -0.15) is 0 Å². The van der Waals surface area contributed by atoms with Gasteiger partial charge in [0, 0.05) is 6.92 Å². The highest BCUT2D eigenvalue weighted by atomic mass is 16.4. The summed E-state index contributed by atoms with van der Waals surface area (Å²) in [7, 11) is 0. The van der Waals surface area contributed by atoms with Crippen LogP contribution >= 0.6 is 0 Å². The normalized spacial score (nSPS) is 11.6. The summed E-state index contributed by atoms with van der Waals surface area (Å²) in [5.74, 6) is -0.833. The van der Waals surface area contributed by atoms with Crippen molar-refractivity contribution in [3.63, 3.8) is 0 Å². The van der Waals surface area contributed by atoms with Crippen molar-refractivity contribution >= 4 is 5.97 Å². The summed E-state index contributed by atoms with van der Waals surface area (Å²) in [5.41, 5.74) is 0. The van der Waals surface area contributed by atoms with Crippen molar-refractivity contribution in [3.8, 4) is 0 Å². The predicted molar refractivity (Wildman–Crippen MR) is 95.3 cm³/mol. The first-order chi connectivity index (χ1) is 10.5. The molecular formula is C19H40O3. The molecule has 0 radical (unpaired) electrons. The lowest BCUT2D eigenvalue weighted by molar-refractivity contribution is -0.134. The van der Waals surface area contributed by atoms with Crippen LogP contribution in [0.15, 0.2) is 0 Å². The first kappa shape index (κ1) is 23.7. The van der Waals surface area contributed by atoms with E-state index in [1.165, 1.54) is 83.5 Å². The van der Waals surface area contributed by atoms with Crippen LogP contribution in [0, 0.1) is 0 Å². The molecule has 0 saturated heterocycles. The van der Waals surface area contributed by atoms with Crippen molar-refractivity contribution in [1.82, 2.24) is 0 Å². The zero-order valence-electron chi connectivity index (χ0n) is 15.3. The monoisotopic (exact) mass is 316 g/mol. The average Bonchev–Trinajstić information content (AvgIpc) is 2.43. The Kier molecular flexibility index (Phi) is 22.0. The third-order valence-corrected chi connectivity index (χ3v) is 3.73. The number of unbranched alkanes of at least 4 members (excludes halogenated alkanes) is 12. The number of hydrogen-bond acceptors (Lipinski definition) is 2. The standard InChI is InChI=1S/C17H36O.C2H4O2/c1-3-4-5-6-7-8-9-10-11-12-13-14-15-16-17(2)18;1-2(3)4/h17-18H,3-16H2,1-2H3;1H3,(H,3,4). The van der Waals surface area contributed by atoms with E-state index in [1.807, 2.05) is 6.92 Å². The molecule has 134 valence electrons. The summed E-state index contributed by atoms with van der Waals surface area (Å²) in [5, 5.41) is 16.5. The molecule has 0 bridgehead atoms. The van der Waals surface area contributed by atoms with Crippen LogP contribution in [0.1, 0.15) is 111 Å². The number of aliphatic hydroxyl groups excluding tert-OH is 1. The predicted octanol–water partition coefficient (Wildman–Crippen LogP) is 5.94. The molecule has 0 aliphatic heterocycles. The molecule has 0 spiro atoms. The van der Waals surface area contributed by atoms with Gasteiger partial charge in [0.15, 0.2) is 0 Å². The molecule has 0 rings (SSSR count). The third kappa shape index (κ3) is 31.7. The summed E-state index contributed by atoms with van der Waals surface area (Å²) in [6.07, 6.45) is 19.0. The van der Waals surface area contributed by atoms with Gasteiger partial charge in [0.05, 0.1) is 6.10 Å². The van der Waals surface area contributed by atoms with Crippen molar-refractivity contribution in [2.24, 2.45) is 0 Å². The number of carboxylic acids is 1. The minimum Gasteiger partial charge on any atom is -0.481 e. The maximum Gasteiger partial charge on any atom is 0.300 e. The van der Waals surface area contributed by atoms with Gasteiger partial charge in [-0.05, 0) is 13.3 Å². The Balaban J connectivity index is 0. The Morgan fingerprint density at radius 2 is 1.05 bits per heavy atom. The molecule has 3 heteroatoms. The fraction of sp³-hybridized carbons (Fsp3) is 0.947. The van der Waals surface area contributed by atoms with Gasteiger partial charge >= 0.3 is 0 Å². The van der Waals surface area contributed by atoms with E-state index < -0.39 is 5.97 Å². The SMILES string of the molecule is CC(=O)O.CCCCCCCCCCCCCCCC(C)O. The van der Waals surface area contributed by atoms with Gasteiger partial charge < -0.3 is 10.2 Å². The topological polar surface area (TPSA) is 57.5 Å². The Morgan fingerprint density at radius 1 is 0.773 bits per heavy atom. The molecule has 0 aromatic carbocycles. The van der Waals surface area contributed by atoms with Crippen LogP contribution in [0.5, 0.6) is 0 Å². The van der Waals surface area contributed by atoms with E-state index in [1.54, 1.807) is 0 Å². The lowest BCUT2D eigenvalue weighted by atomic mass is 10.0. The lowest BCUT2D eigenvalue weighted by Gasteiger charge is -2.04. The second-order valence-electron chi connectivity index (χ2n) is 6.40. The van der Waals surface area contributed by atoms with E-state index >= 15 is 0 Å². The van der Waals surface area contributed by atoms with E-state index in [2.05, 4.69) is 6.92 Å². The van der Waals surface area contributed by atoms with Crippen molar-refractivity contribution in [3.05, 3.63) is 0 Å². The smallest absolute Gasteiger partial charge is 0.300 e. The summed E-state index contributed by atoms with van der Waals surface area (Å²) in [4.78, 5) is 9.00. The van der Waals surface area contributed by atoms with E-state index in [0.29, 0.717) is 0 Å². The summed E-state index contributed by atoms with van der Waals surface area (Å²) >= 11 is 0. The van der Waals surface area contributed by atoms with Gasteiger partial charge in [0.25, 0.3) is 5.97 Å². The van der Waals surface area contributed by atoms with Crippen LogP contribution in [-0.2, 0) is 4.79 Å². The van der Waals surface area contributed by atoms with Crippen LogP contribution < -0.4 is 0 Å². The molecule has 2 N–H and O–H groups in total. The van der Waals surface area contributed by atoms with Crippen molar-refractivity contribution < 1.29 is 15.0 Å². The second-order valence-corrected chi connectivity index (χ2v) is 6.40. The van der Waals surface area contributed by atoms with E-state index in [4.69, 9.17) is 15.0 Å². The molecular weight excluding hydrogens is 276 g/mol. The summed E-state index contributed by atoms with van der Waals surface area (Å²) < 4.78 is 0. The van der Waals surface area contributed by atoms with Crippen LogP contribution in [0.3, 0.4) is 0 Å². The molecule has 0 aromatic heterocycles. The summed E-state index contributed by atoms with van der Waals surface area (Å²) in [6, 6.07) is 0. The minimum absolute atomic E-state index is 0.0993.